The monoisotopic (exact) mass is 258 g/mol. The number of nitrogens with zero attached hydrogens (tertiary/aromatic N) is 1. The average Bonchev–Trinajstić information content (AvgIpc) is 2.82. The molecule has 0 spiro atoms. The van der Waals surface area contributed by atoms with E-state index >= 15 is 0 Å². The molecule has 18 heavy (non-hydrogen) atoms. The minimum Gasteiger partial charge on any atom is -0.258 e. The predicted octanol–water partition coefficient (Wildman–Crippen LogP) is 4.35. The molecule has 88 valence electrons. The van der Waals surface area contributed by atoms with Crippen molar-refractivity contribution in [2.45, 2.75) is 0 Å². The minimum absolute atomic E-state index is 0.0832. The number of nitro groups is 1. The van der Waals surface area contributed by atoms with Gasteiger partial charge in [0, 0.05) is 18.2 Å². The van der Waals surface area contributed by atoms with Crippen molar-refractivity contribution in [3.05, 3.63) is 58.6 Å². The number of non-ortho nitro benzene ring substituents is 1. The van der Waals surface area contributed by atoms with E-state index in [9.17, 15) is 10.1 Å². The van der Waals surface area contributed by atoms with Gasteiger partial charge in [-0.1, -0.05) is 12.1 Å². The third-order valence-electron chi connectivity index (χ3n) is 2.57. The molecule has 0 bridgehead atoms. The van der Waals surface area contributed by atoms with Gasteiger partial charge in [0.2, 0.25) is 0 Å². The molecule has 0 aliphatic heterocycles. The first-order valence-electron chi connectivity index (χ1n) is 5.30. The first-order chi connectivity index (χ1) is 8.74. The average molecular weight is 258 g/mol. The lowest BCUT2D eigenvalue weighted by atomic mass is 10.2. The Hall–Kier alpha value is -2.27. The van der Waals surface area contributed by atoms with Crippen LogP contribution in [-0.2, 0) is 0 Å². The van der Waals surface area contributed by atoms with Crippen LogP contribution >= 0.6 is 11.3 Å². The molecule has 3 rings (SSSR count). The molecule has 1 heterocycles. The fourth-order valence-corrected chi connectivity index (χ4v) is 2.62. The van der Waals surface area contributed by atoms with Crippen molar-refractivity contribution in [2.24, 2.45) is 0 Å². The smallest absolute Gasteiger partial charge is 0.258 e. The molecular formula is C13H8NO3S+. The van der Waals surface area contributed by atoms with E-state index in [1.54, 1.807) is 12.1 Å². The van der Waals surface area contributed by atoms with Gasteiger partial charge in [-0.05, 0) is 29.5 Å². The fraction of sp³-hybridized carbons (Fsp3) is 0. The lowest BCUT2D eigenvalue weighted by molar-refractivity contribution is -0.384. The van der Waals surface area contributed by atoms with Crippen molar-refractivity contribution in [3.63, 3.8) is 0 Å². The normalized spacial score (nSPS) is 10.7. The number of benzene rings is 2. The summed E-state index contributed by atoms with van der Waals surface area (Å²) in [5, 5.41) is 11.3. The van der Waals surface area contributed by atoms with E-state index in [1.807, 2.05) is 24.3 Å². The van der Waals surface area contributed by atoms with E-state index in [-0.39, 0.29) is 5.69 Å². The molecule has 0 amide bonds. The summed E-state index contributed by atoms with van der Waals surface area (Å²) in [6.07, 6.45) is 0. The van der Waals surface area contributed by atoms with Gasteiger partial charge >= 0.3 is 10.7 Å². The Balaban J connectivity index is 2.06. The van der Waals surface area contributed by atoms with E-state index in [4.69, 9.17) is 4.42 Å². The summed E-state index contributed by atoms with van der Waals surface area (Å²) in [5.41, 5.74) is 1.76. The van der Waals surface area contributed by atoms with Crippen LogP contribution in [0.5, 0.6) is 0 Å². The van der Waals surface area contributed by atoms with Crippen LogP contribution in [0.25, 0.3) is 20.9 Å². The zero-order valence-electron chi connectivity index (χ0n) is 9.20. The number of para-hydroxylation sites is 1. The Bertz CT molecular complexity index is 685. The van der Waals surface area contributed by atoms with Gasteiger partial charge in [-0.3, -0.25) is 10.1 Å². The molecule has 2 aromatic carbocycles. The molecule has 1 aromatic heterocycles. The topological polar surface area (TPSA) is 54.4 Å². The van der Waals surface area contributed by atoms with Gasteiger partial charge in [-0.2, -0.15) is 4.42 Å². The van der Waals surface area contributed by atoms with Crippen LogP contribution in [0.4, 0.5) is 5.69 Å². The van der Waals surface area contributed by atoms with Crippen molar-refractivity contribution in [3.8, 4) is 10.6 Å². The molecule has 4 nitrogen and oxygen atoms in total. The Morgan fingerprint density at radius 3 is 2.44 bits per heavy atom. The van der Waals surface area contributed by atoms with Crippen LogP contribution in [0.15, 0.2) is 52.9 Å². The van der Waals surface area contributed by atoms with Crippen molar-refractivity contribution >= 4 is 27.3 Å². The molecule has 5 heteroatoms. The number of hydrogen-bond acceptors (Lipinski definition) is 3. The quantitative estimate of drug-likeness (QED) is 0.390. The summed E-state index contributed by atoms with van der Waals surface area (Å²) >= 11 is 1.53. The molecule has 0 unspecified atom stereocenters. The predicted molar refractivity (Wildman–Crippen MR) is 70.6 cm³/mol. The number of nitro benzene ring substituents is 1. The summed E-state index contributed by atoms with van der Waals surface area (Å²) < 4.78 is 6.76. The number of rotatable bonds is 2. The van der Waals surface area contributed by atoms with Gasteiger partial charge in [0.1, 0.15) is 4.70 Å². The van der Waals surface area contributed by atoms with Crippen LogP contribution in [-0.4, -0.2) is 4.92 Å². The highest BCUT2D eigenvalue weighted by atomic mass is 32.1. The van der Waals surface area contributed by atoms with Gasteiger partial charge < -0.3 is 0 Å². The third kappa shape index (κ3) is 1.84. The maximum atomic E-state index is 10.6. The Morgan fingerprint density at radius 1 is 1.06 bits per heavy atom. The number of fused-ring (bicyclic) bond motifs is 1. The van der Waals surface area contributed by atoms with Crippen LogP contribution in [0.2, 0.25) is 0 Å². The SMILES string of the molecule is O=[N+]([O-])c1ccc(-c2[o+]c3ccccc3s2)cc1. The molecule has 0 radical (unpaired) electrons. The van der Waals surface area contributed by atoms with Crippen LogP contribution < -0.4 is 0 Å². The second-order valence-electron chi connectivity index (χ2n) is 3.74. The molecule has 0 N–H and O–H groups in total. The largest absolute Gasteiger partial charge is 0.418 e. The molecule has 0 aliphatic rings. The van der Waals surface area contributed by atoms with Gasteiger partial charge in [-0.15, -0.1) is 0 Å². The first-order valence-corrected chi connectivity index (χ1v) is 6.12. The Morgan fingerprint density at radius 2 is 1.78 bits per heavy atom. The molecule has 0 fully saturated rings. The van der Waals surface area contributed by atoms with E-state index in [0.29, 0.717) is 0 Å². The fourth-order valence-electron chi connectivity index (χ4n) is 1.68. The summed E-state index contributed by atoms with van der Waals surface area (Å²) in [4.78, 5) is 10.2. The van der Waals surface area contributed by atoms with Crippen molar-refractivity contribution < 1.29 is 9.34 Å². The second-order valence-corrected chi connectivity index (χ2v) is 4.76. The summed E-state index contributed by atoms with van der Waals surface area (Å²) in [6, 6.07) is 14.1. The van der Waals surface area contributed by atoms with E-state index < -0.39 is 4.92 Å². The Kier molecular flexibility index (Phi) is 2.53. The molecule has 0 atom stereocenters. The van der Waals surface area contributed by atoms with Gasteiger partial charge in [-0.25, -0.2) is 0 Å². The zero-order valence-corrected chi connectivity index (χ0v) is 10.0. The maximum absolute atomic E-state index is 10.6. The zero-order chi connectivity index (χ0) is 12.5. The van der Waals surface area contributed by atoms with Crippen molar-refractivity contribution in [1.29, 1.82) is 0 Å². The highest BCUT2D eigenvalue weighted by Crippen LogP contribution is 2.33. The molecule has 0 saturated carbocycles. The van der Waals surface area contributed by atoms with Crippen molar-refractivity contribution in [1.82, 2.24) is 0 Å². The minimum atomic E-state index is -0.411. The van der Waals surface area contributed by atoms with Crippen LogP contribution in [0.1, 0.15) is 0 Å². The lowest BCUT2D eigenvalue weighted by Crippen LogP contribution is -1.86. The van der Waals surface area contributed by atoms with Gasteiger partial charge in [0.15, 0.2) is 0 Å². The Labute approximate surface area is 106 Å². The standard InChI is InChI=1S/C13H8NO3S/c15-14(16)10-7-5-9(6-8-10)13-17-11-3-1-2-4-12(11)18-13/h1-8H/q+1. The summed E-state index contributed by atoms with van der Waals surface area (Å²) in [6.45, 7) is 0. The van der Waals surface area contributed by atoms with Crippen molar-refractivity contribution in [2.75, 3.05) is 0 Å². The van der Waals surface area contributed by atoms with E-state index in [1.165, 1.54) is 23.5 Å². The molecule has 0 saturated heterocycles. The summed E-state index contributed by atoms with van der Waals surface area (Å²) in [5.74, 6) is 0. The van der Waals surface area contributed by atoms with Crippen LogP contribution in [0, 0.1) is 10.1 Å². The second kappa shape index (κ2) is 4.19. The molecular weight excluding hydrogens is 250 g/mol. The maximum Gasteiger partial charge on any atom is 0.418 e. The highest BCUT2D eigenvalue weighted by molar-refractivity contribution is 7.21. The van der Waals surface area contributed by atoms with Gasteiger partial charge in [0.25, 0.3) is 5.69 Å². The van der Waals surface area contributed by atoms with Gasteiger partial charge in [0.05, 0.1) is 10.5 Å². The van der Waals surface area contributed by atoms with E-state index in [2.05, 4.69) is 0 Å². The molecule has 0 aliphatic carbocycles. The van der Waals surface area contributed by atoms with Crippen LogP contribution in [0.3, 0.4) is 0 Å². The highest BCUT2D eigenvalue weighted by Gasteiger charge is 2.19. The summed E-state index contributed by atoms with van der Waals surface area (Å²) in [7, 11) is 0. The first kappa shape index (κ1) is 10.9. The number of hydrogen-bond donors (Lipinski definition) is 0. The lowest BCUT2D eigenvalue weighted by Gasteiger charge is -1.89. The van der Waals surface area contributed by atoms with E-state index in [0.717, 1.165) is 20.9 Å². The third-order valence-corrected chi connectivity index (χ3v) is 3.63. The molecule has 3 aromatic rings.